The Morgan fingerprint density at radius 1 is 1.37 bits per heavy atom. The molecule has 0 spiro atoms. The van der Waals surface area contributed by atoms with E-state index >= 15 is 0 Å². The van der Waals surface area contributed by atoms with Gasteiger partial charge in [0.05, 0.1) is 4.88 Å². The Kier molecular flexibility index (Phi) is 3.66. The zero-order chi connectivity index (χ0) is 13.2. The highest BCUT2D eigenvalue weighted by Gasteiger charge is 2.20. The highest BCUT2D eigenvalue weighted by atomic mass is 32.1. The van der Waals surface area contributed by atoms with Crippen LogP contribution in [0.2, 0.25) is 0 Å². The molecular weight excluding hydrogens is 258 g/mol. The van der Waals surface area contributed by atoms with Crippen LogP contribution in [0.5, 0.6) is 0 Å². The second-order valence-electron chi connectivity index (χ2n) is 5.06. The fourth-order valence-electron chi connectivity index (χ4n) is 2.71. The summed E-state index contributed by atoms with van der Waals surface area (Å²) in [7, 11) is 0. The number of thiophene rings is 1. The van der Waals surface area contributed by atoms with Crippen molar-refractivity contribution in [3.8, 4) is 10.7 Å². The van der Waals surface area contributed by atoms with Gasteiger partial charge in [0.25, 0.3) is 0 Å². The maximum atomic E-state index is 8.99. The molecule has 0 atom stereocenters. The summed E-state index contributed by atoms with van der Waals surface area (Å²) < 4.78 is 1.95. The van der Waals surface area contributed by atoms with Gasteiger partial charge in [-0.2, -0.15) is 5.10 Å². The van der Waals surface area contributed by atoms with Crippen molar-refractivity contribution < 1.29 is 5.11 Å². The van der Waals surface area contributed by atoms with Crippen LogP contribution in [0.25, 0.3) is 10.7 Å². The maximum Gasteiger partial charge on any atom is 0.168 e. The summed E-state index contributed by atoms with van der Waals surface area (Å²) in [5.74, 6) is 1.80. The molecule has 4 nitrogen and oxygen atoms in total. The van der Waals surface area contributed by atoms with Crippen molar-refractivity contribution >= 4 is 11.3 Å². The number of hydrogen-bond donors (Lipinski definition) is 1. The van der Waals surface area contributed by atoms with Crippen LogP contribution in [-0.2, 0) is 19.4 Å². The molecule has 0 aliphatic heterocycles. The van der Waals surface area contributed by atoms with Crippen molar-refractivity contribution in [3.05, 3.63) is 22.3 Å². The second-order valence-corrected chi connectivity index (χ2v) is 5.94. The van der Waals surface area contributed by atoms with Gasteiger partial charge < -0.3 is 5.11 Å². The van der Waals surface area contributed by atoms with E-state index in [0.29, 0.717) is 0 Å². The van der Waals surface area contributed by atoms with Crippen molar-refractivity contribution in [1.82, 2.24) is 14.8 Å². The van der Waals surface area contributed by atoms with Crippen LogP contribution in [0.15, 0.2) is 5.38 Å². The van der Waals surface area contributed by atoms with Crippen LogP contribution >= 0.6 is 11.3 Å². The van der Waals surface area contributed by atoms with E-state index in [0.717, 1.165) is 24.6 Å². The first kappa shape index (κ1) is 12.8. The standard InChI is InChI=1S/C14H19N3OS/c1-10-15-14(17(16-10)7-4-8-18)13-12-6-3-2-5-11(12)9-19-13/h9,18H,2-8H2,1H3. The minimum atomic E-state index is 0.195. The van der Waals surface area contributed by atoms with Crippen LogP contribution in [0.3, 0.4) is 0 Å². The number of hydrogen-bond acceptors (Lipinski definition) is 4. The highest BCUT2D eigenvalue weighted by Crippen LogP contribution is 2.36. The summed E-state index contributed by atoms with van der Waals surface area (Å²) in [5.41, 5.74) is 2.98. The Bertz CT molecular complexity index is 573. The van der Waals surface area contributed by atoms with Gasteiger partial charge in [-0.3, -0.25) is 0 Å². The highest BCUT2D eigenvalue weighted by molar-refractivity contribution is 7.13. The molecule has 0 saturated carbocycles. The summed E-state index contributed by atoms with van der Waals surface area (Å²) >= 11 is 1.79. The molecule has 19 heavy (non-hydrogen) atoms. The van der Waals surface area contributed by atoms with E-state index in [9.17, 15) is 0 Å². The summed E-state index contributed by atoms with van der Waals surface area (Å²) in [5, 5.41) is 15.7. The van der Waals surface area contributed by atoms with E-state index in [1.165, 1.54) is 41.7 Å². The SMILES string of the molecule is Cc1nc(-c2scc3c2CCCC3)n(CCCO)n1. The Hall–Kier alpha value is -1.20. The molecule has 0 unspecified atom stereocenters. The lowest BCUT2D eigenvalue weighted by molar-refractivity contribution is 0.277. The molecule has 5 heteroatoms. The van der Waals surface area contributed by atoms with E-state index in [-0.39, 0.29) is 6.61 Å². The molecule has 1 aliphatic rings. The molecule has 1 aliphatic carbocycles. The molecule has 2 heterocycles. The largest absolute Gasteiger partial charge is 0.396 e. The van der Waals surface area contributed by atoms with Crippen LogP contribution in [0.1, 0.15) is 36.2 Å². The molecule has 102 valence electrons. The lowest BCUT2D eigenvalue weighted by Gasteiger charge is -2.13. The number of rotatable bonds is 4. The molecule has 1 N–H and O–H groups in total. The third kappa shape index (κ3) is 2.44. The second kappa shape index (κ2) is 5.43. The average molecular weight is 277 g/mol. The van der Waals surface area contributed by atoms with Crippen LogP contribution < -0.4 is 0 Å². The molecule has 2 aromatic rings. The Labute approximate surface area is 117 Å². The fourth-order valence-corrected chi connectivity index (χ4v) is 3.86. The number of aliphatic hydroxyl groups excluding tert-OH is 1. The molecule has 0 amide bonds. The molecule has 0 bridgehead atoms. The first-order chi connectivity index (χ1) is 9.29. The lowest BCUT2D eigenvalue weighted by Crippen LogP contribution is -2.06. The van der Waals surface area contributed by atoms with Gasteiger partial charge in [0.2, 0.25) is 0 Å². The van der Waals surface area contributed by atoms with Gasteiger partial charge in [0.15, 0.2) is 5.82 Å². The number of aliphatic hydroxyl groups is 1. The fraction of sp³-hybridized carbons (Fsp3) is 0.571. The van der Waals surface area contributed by atoms with E-state index in [2.05, 4.69) is 15.5 Å². The summed E-state index contributed by atoms with van der Waals surface area (Å²) in [6.45, 7) is 2.86. The summed E-state index contributed by atoms with van der Waals surface area (Å²) in [6, 6.07) is 0. The smallest absolute Gasteiger partial charge is 0.168 e. The van der Waals surface area contributed by atoms with Gasteiger partial charge in [-0.15, -0.1) is 11.3 Å². The number of aryl methyl sites for hydroxylation is 3. The first-order valence-corrected chi connectivity index (χ1v) is 7.79. The molecule has 0 fully saturated rings. The van der Waals surface area contributed by atoms with Crippen LogP contribution in [0, 0.1) is 6.92 Å². The number of fused-ring (bicyclic) bond motifs is 1. The van der Waals surface area contributed by atoms with Gasteiger partial charge in [0.1, 0.15) is 5.82 Å². The van der Waals surface area contributed by atoms with Gasteiger partial charge in [-0.1, -0.05) is 0 Å². The number of aromatic nitrogens is 3. The van der Waals surface area contributed by atoms with Gasteiger partial charge in [-0.05, 0) is 55.5 Å². The normalized spacial score (nSPS) is 14.6. The topological polar surface area (TPSA) is 50.9 Å². The van der Waals surface area contributed by atoms with E-state index in [4.69, 9.17) is 5.11 Å². The van der Waals surface area contributed by atoms with E-state index in [1.54, 1.807) is 11.3 Å². The number of nitrogens with zero attached hydrogens (tertiary/aromatic N) is 3. The molecular formula is C14H19N3OS. The van der Waals surface area contributed by atoms with Crippen molar-refractivity contribution in [2.24, 2.45) is 0 Å². The third-order valence-electron chi connectivity index (χ3n) is 3.61. The molecule has 3 rings (SSSR count). The lowest BCUT2D eigenvalue weighted by atomic mass is 9.94. The average Bonchev–Trinajstić information content (AvgIpc) is 2.99. The van der Waals surface area contributed by atoms with Crippen molar-refractivity contribution in [2.45, 2.75) is 45.6 Å². The summed E-state index contributed by atoms with van der Waals surface area (Å²) in [6.07, 6.45) is 5.68. The quantitative estimate of drug-likeness (QED) is 0.934. The van der Waals surface area contributed by atoms with Crippen molar-refractivity contribution in [1.29, 1.82) is 0 Å². The van der Waals surface area contributed by atoms with Crippen molar-refractivity contribution in [2.75, 3.05) is 6.61 Å². The predicted octanol–water partition coefficient (Wildman–Crippen LogP) is 2.58. The molecule has 0 aromatic carbocycles. The minimum Gasteiger partial charge on any atom is -0.396 e. The minimum absolute atomic E-state index is 0.195. The maximum absolute atomic E-state index is 8.99. The zero-order valence-electron chi connectivity index (χ0n) is 11.2. The monoisotopic (exact) mass is 277 g/mol. The van der Waals surface area contributed by atoms with E-state index in [1.807, 2.05) is 11.6 Å². The van der Waals surface area contributed by atoms with Crippen molar-refractivity contribution in [3.63, 3.8) is 0 Å². The molecule has 0 radical (unpaired) electrons. The molecule has 2 aromatic heterocycles. The van der Waals surface area contributed by atoms with Gasteiger partial charge >= 0.3 is 0 Å². The Morgan fingerprint density at radius 2 is 2.21 bits per heavy atom. The van der Waals surface area contributed by atoms with E-state index < -0.39 is 0 Å². The van der Waals surface area contributed by atoms with Crippen LogP contribution in [-0.4, -0.2) is 26.5 Å². The first-order valence-electron chi connectivity index (χ1n) is 6.91. The zero-order valence-corrected chi connectivity index (χ0v) is 12.0. The molecule has 0 saturated heterocycles. The Balaban J connectivity index is 1.99. The third-order valence-corrected chi connectivity index (χ3v) is 4.68. The Morgan fingerprint density at radius 3 is 3.05 bits per heavy atom. The van der Waals surface area contributed by atoms with Crippen LogP contribution in [0.4, 0.5) is 0 Å². The summed E-state index contributed by atoms with van der Waals surface area (Å²) in [4.78, 5) is 5.88. The predicted molar refractivity (Wildman–Crippen MR) is 76.4 cm³/mol. The van der Waals surface area contributed by atoms with Gasteiger partial charge in [0, 0.05) is 13.2 Å². The van der Waals surface area contributed by atoms with Gasteiger partial charge in [-0.25, -0.2) is 9.67 Å².